The lowest BCUT2D eigenvalue weighted by Gasteiger charge is -2.37. The van der Waals surface area contributed by atoms with E-state index >= 15 is 0 Å². The first-order valence-corrected chi connectivity index (χ1v) is 10.2. The molecule has 1 fully saturated rings. The van der Waals surface area contributed by atoms with Crippen LogP contribution >= 0.6 is 24.0 Å². The maximum Gasteiger partial charge on any atom is 0.194 e. The SMILES string of the molecule is CCNC(=NCc1nnc2n1CCCC2)N1CCN(c2ccc(F)cc2)CC1.I. The van der Waals surface area contributed by atoms with E-state index in [1.807, 2.05) is 12.1 Å². The van der Waals surface area contributed by atoms with Crippen molar-refractivity contribution >= 4 is 35.6 Å². The molecule has 9 heteroatoms. The van der Waals surface area contributed by atoms with Gasteiger partial charge in [-0.25, -0.2) is 9.38 Å². The number of nitrogens with one attached hydrogen (secondary N) is 1. The molecule has 1 saturated heterocycles. The number of piperazine rings is 1. The quantitative estimate of drug-likeness (QED) is 0.387. The topological polar surface area (TPSA) is 61.6 Å². The Hall–Kier alpha value is -1.91. The number of guanidine groups is 1. The van der Waals surface area contributed by atoms with E-state index in [4.69, 9.17) is 4.99 Å². The van der Waals surface area contributed by atoms with Crippen molar-refractivity contribution in [2.45, 2.75) is 39.3 Å². The van der Waals surface area contributed by atoms with E-state index in [0.717, 1.165) is 69.0 Å². The summed E-state index contributed by atoms with van der Waals surface area (Å²) in [6.07, 6.45) is 3.40. The molecule has 0 spiro atoms. The Balaban J connectivity index is 0.00000240. The van der Waals surface area contributed by atoms with Gasteiger partial charge in [0.15, 0.2) is 11.8 Å². The second-order valence-electron chi connectivity index (χ2n) is 7.26. The maximum absolute atomic E-state index is 13.2. The van der Waals surface area contributed by atoms with Gasteiger partial charge in [0.1, 0.15) is 18.2 Å². The third-order valence-corrected chi connectivity index (χ3v) is 5.41. The van der Waals surface area contributed by atoms with Crippen molar-refractivity contribution < 1.29 is 4.39 Å². The van der Waals surface area contributed by atoms with Crippen LogP contribution in [0, 0.1) is 5.82 Å². The van der Waals surface area contributed by atoms with Crippen LogP contribution in [0.1, 0.15) is 31.4 Å². The van der Waals surface area contributed by atoms with Crippen LogP contribution < -0.4 is 10.2 Å². The van der Waals surface area contributed by atoms with E-state index in [0.29, 0.717) is 6.54 Å². The number of nitrogens with zero attached hydrogens (tertiary/aromatic N) is 6. The Morgan fingerprint density at radius 3 is 2.55 bits per heavy atom. The molecule has 1 N–H and O–H groups in total. The number of anilines is 1. The summed E-state index contributed by atoms with van der Waals surface area (Å²) in [6.45, 7) is 7.99. The molecule has 158 valence electrons. The Bertz CT molecular complexity index is 813. The van der Waals surface area contributed by atoms with Gasteiger partial charge in [-0.05, 0) is 44.0 Å². The molecule has 29 heavy (non-hydrogen) atoms. The zero-order chi connectivity index (χ0) is 19.3. The van der Waals surface area contributed by atoms with Crippen LogP contribution in [0.2, 0.25) is 0 Å². The largest absolute Gasteiger partial charge is 0.368 e. The van der Waals surface area contributed by atoms with Crippen LogP contribution in [0.3, 0.4) is 0 Å². The molecule has 1 aromatic heterocycles. The zero-order valence-corrected chi connectivity index (χ0v) is 19.2. The number of hydrogen-bond donors (Lipinski definition) is 1. The number of hydrogen-bond acceptors (Lipinski definition) is 4. The van der Waals surface area contributed by atoms with Gasteiger partial charge in [0.25, 0.3) is 0 Å². The van der Waals surface area contributed by atoms with Crippen molar-refractivity contribution in [2.75, 3.05) is 37.6 Å². The van der Waals surface area contributed by atoms with Crippen molar-refractivity contribution in [3.8, 4) is 0 Å². The summed E-state index contributed by atoms with van der Waals surface area (Å²) >= 11 is 0. The zero-order valence-electron chi connectivity index (χ0n) is 16.8. The van der Waals surface area contributed by atoms with Crippen LogP contribution in [0.15, 0.2) is 29.3 Å². The van der Waals surface area contributed by atoms with E-state index in [2.05, 4.69) is 36.8 Å². The van der Waals surface area contributed by atoms with Crippen LogP contribution in [-0.4, -0.2) is 58.3 Å². The highest BCUT2D eigenvalue weighted by atomic mass is 127. The second-order valence-corrected chi connectivity index (χ2v) is 7.26. The molecule has 0 saturated carbocycles. The first kappa shape index (κ1) is 21.8. The monoisotopic (exact) mass is 513 g/mol. The Labute approximate surface area is 188 Å². The van der Waals surface area contributed by atoms with E-state index in [1.54, 1.807) is 0 Å². The molecule has 3 heterocycles. The second kappa shape index (κ2) is 10.2. The van der Waals surface area contributed by atoms with Crippen LogP contribution in [-0.2, 0) is 19.5 Å². The summed E-state index contributed by atoms with van der Waals surface area (Å²) in [5.41, 5.74) is 1.07. The lowest BCUT2D eigenvalue weighted by molar-refractivity contribution is 0.372. The predicted molar refractivity (Wildman–Crippen MR) is 123 cm³/mol. The number of benzene rings is 1. The third kappa shape index (κ3) is 5.18. The molecule has 0 amide bonds. The molecule has 0 atom stereocenters. The number of aryl methyl sites for hydroxylation is 1. The standard InChI is InChI=1S/C20H28FN7.HI/c1-2-22-20(23-15-19-25-24-18-5-3-4-10-28(18)19)27-13-11-26(12-14-27)17-8-6-16(21)7-9-17;/h6-9H,2-5,10-15H2,1H3,(H,22,23);1H. The van der Waals surface area contributed by atoms with Gasteiger partial charge in [-0.15, -0.1) is 34.2 Å². The van der Waals surface area contributed by atoms with E-state index in [9.17, 15) is 4.39 Å². The van der Waals surface area contributed by atoms with Gasteiger partial charge < -0.3 is 19.7 Å². The third-order valence-electron chi connectivity index (χ3n) is 5.41. The first-order valence-electron chi connectivity index (χ1n) is 10.2. The van der Waals surface area contributed by atoms with Gasteiger partial charge in [-0.2, -0.15) is 0 Å². The molecule has 2 aliphatic rings. The minimum atomic E-state index is -0.195. The van der Waals surface area contributed by atoms with Crippen molar-refractivity contribution in [3.05, 3.63) is 41.7 Å². The van der Waals surface area contributed by atoms with Gasteiger partial charge in [0.05, 0.1) is 0 Å². The average molecular weight is 513 g/mol. The summed E-state index contributed by atoms with van der Waals surface area (Å²) < 4.78 is 15.4. The van der Waals surface area contributed by atoms with E-state index in [-0.39, 0.29) is 29.8 Å². The van der Waals surface area contributed by atoms with Gasteiger partial charge in [-0.1, -0.05) is 0 Å². The molecule has 2 aromatic rings. The van der Waals surface area contributed by atoms with E-state index in [1.165, 1.54) is 25.0 Å². The van der Waals surface area contributed by atoms with Gasteiger partial charge in [-0.3, -0.25) is 0 Å². The van der Waals surface area contributed by atoms with Crippen LogP contribution in [0.25, 0.3) is 0 Å². The highest BCUT2D eigenvalue weighted by Gasteiger charge is 2.21. The van der Waals surface area contributed by atoms with Gasteiger partial charge in [0.2, 0.25) is 0 Å². The molecule has 2 aliphatic heterocycles. The fourth-order valence-corrected chi connectivity index (χ4v) is 3.89. The van der Waals surface area contributed by atoms with Gasteiger partial charge >= 0.3 is 0 Å². The summed E-state index contributed by atoms with van der Waals surface area (Å²) in [5.74, 6) is 2.78. The number of fused-ring (bicyclic) bond motifs is 1. The Morgan fingerprint density at radius 1 is 1.07 bits per heavy atom. The molecule has 0 bridgehead atoms. The fraction of sp³-hybridized carbons (Fsp3) is 0.550. The molecule has 0 unspecified atom stereocenters. The highest BCUT2D eigenvalue weighted by molar-refractivity contribution is 14.0. The lowest BCUT2D eigenvalue weighted by atomic mass is 10.2. The molecule has 4 rings (SSSR count). The molecule has 0 radical (unpaired) electrons. The minimum Gasteiger partial charge on any atom is -0.368 e. The first-order chi connectivity index (χ1) is 13.7. The summed E-state index contributed by atoms with van der Waals surface area (Å²) in [4.78, 5) is 9.41. The molecule has 1 aromatic carbocycles. The van der Waals surface area contributed by atoms with Crippen molar-refractivity contribution in [1.82, 2.24) is 25.0 Å². The fourth-order valence-electron chi connectivity index (χ4n) is 3.89. The summed E-state index contributed by atoms with van der Waals surface area (Å²) in [5, 5.41) is 12.1. The molecule has 7 nitrogen and oxygen atoms in total. The predicted octanol–water partition coefficient (Wildman–Crippen LogP) is 2.66. The maximum atomic E-state index is 13.2. The smallest absolute Gasteiger partial charge is 0.194 e. The number of aliphatic imine (C=N–C) groups is 1. The van der Waals surface area contributed by atoms with Crippen molar-refractivity contribution in [2.24, 2.45) is 4.99 Å². The normalized spacial score (nSPS) is 17.0. The van der Waals surface area contributed by atoms with Crippen LogP contribution in [0.4, 0.5) is 10.1 Å². The summed E-state index contributed by atoms with van der Waals surface area (Å²) in [7, 11) is 0. The van der Waals surface area contributed by atoms with Crippen molar-refractivity contribution in [1.29, 1.82) is 0 Å². The Kier molecular flexibility index (Phi) is 7.68. The summed E-state index contributed by atoms with van der Waals surface area (Å²) in [6, 6.07) is 6.73. The highest BCUT2D eigenvalue weighted by Crippen LogP contribution is 2.18. The number of aromatic nitrogens is 3. The average Bonchev–Trinajstić information content (AvgIpc) is 3.15. The lowest BCUT2D eigenvalue weighted by Crippen LogP contribution is -2.52. The molecule has 0 aliphatic carbocycles. The van der Waals surface area contributed by atoms with E-state index < -0.39 is 0 Å². The van der Waals surface area contributed by atoms with Crippen LogP contribution in [0.5, 0.6) is 0 Å². The van der Waals surface area contributed by atoms with Gasteiger partial charge in [0, 0.05) is 51.4 Å². The van der Waals surface area contributed by atoms with Crippen molar-refractivity contribution in [3.63, 3.8) is 0 Å². The number of halogens is 2. The number of rotatable bonds is 4. The minimum absolute atomic E-state index is 0. The molecular formula is C20H29FIN7. The molecular weight excluding hydrogens is 484 g/mol. The Morgan fingerprint density at radius 2 is 1.83 bits per heavy atom.